The van der Waals surface area contributed by atoms with Gasteiger partial charge in [-0.3, -0.25) is 15.0 Å². The minimum atomic E-state index is -0.802. The molecule has 1 aliphatic rings. The molecule has 0 bridgehead atoms. The van der Waals surface area contributed by atoms with Gasteiger partial charge in [-0.25, -0.2) is 9.80 Å². The Kier molecular flexibility index (Phi) is 10.7. The highest BCUT2D eigenvalue weighted by Crippen LogP contribution is 2.19. The molecule has 3 rings (SSSR count). The third kappa shape index (κ3) is 7.82. The van der Waals surface area contributed by atoms with Crippen LogP contribution >= 0.6 is 0 Å². The van der Waals surface area contributed by atoms with Gasteiger partial charge in [-0.2, -0.15) is 0 Å². The number of para-hydroxylation sites is 1. The van der Waals surface area contributed by atoms with Crippen molar-refractivity contribution < 1.29 is 19.1 Å². The normalized spacial score (nSPS) is 21.7. The zero-order valence-corrected chi connectivity index (χ0v) is 22.6. The van der Waals surface area contributed by atoms with Crippen LogP contribution < -0.4 is 20.8 Å². The highest BCUT2D eigenvalue weighted by molar-refractivity contribution is 5.90. The molecular formula is C29H39N5O4. The first-order valence-corrected chi connectivity index (χ1v) is 13.1. The van der Waals surface area contributed by atoms with Gasteiger partial charge >= 0.3 is 6.03 Å². The van der Waals surface area contributed by atoms with E-state index in [0.29, 0.717) is 18.9 Å². The lowest BCUT2D eigenvalue weighted by Gasteiger charge is -2.33. The summed E-state index contributed by atoms with van der Waals surface area (Å²) < 4.78 is 6.00. The van der Waals surface area contributed by atoms with Crippen LogP contribution in [0.5, 0.6) is 5.75 Å². The molecule has 0 saturated carbocycles. The van der Waals surface area contributed by atoms with E-state index in [2.05, 4.69) is 16.1 Å². The average Bonchev–Trinajstić information content (AvgIpc) is 2.94. The number of benzene rings is 2. The van der Waals surface area contributed by atoms with Crippen LogP contribution in [-0.4, -0.2) is 66.6 Å². The van der Waals surface area contributed by atoms with Crippen LogP contribution in [0.1, 0.15) is 38.3 Å². The van der Waals surface area contributed by atoms with Gasteiger partial charge in [0.05, 0.1) is 12.6 Å². The van der Waals surface area contributed by atoms with Crippen LogP contribution in [0.3, 0.4) is 0 Å². The second-order valence-electron chi connectivity index (χ2n) is 9.46. The molecule has 3 atom stereocenters. The molecule has 0 aliphatic carbocycles. The third-order valence-corrected chi connectivity index (χ3v) is 6.77. The van der Waals surface area contributed by atoms with Crippen LogP contribution in [0.25, 0.3) is 6.08 Å². The Balaban J connectivity index is 1.89. The molecule has 3 N–H and O–H groups in total. The lowest BCUT2D eigenvalue weighted by atomic mass is 9.97. The fourth-order valence-electron chi connectivity index (χ4n) is 4.06. The molecule has 0 radical (unpaired) electrons. The van der Waals surface area contributed by atoms with E-state index in [9.17, 15) is 14.4 Å². The van der Waals surface area contributed by atoms with E-state index >= 15 is 0 Å². The smallest absolute Gasteiger partial charge is 0.336 e. The first kappa shape index (κ1) is 28.7. The first-order chi connectivity index (χ1) is 18.3. The van der Waals surface area contributed by atoms with Gasteiger partial charge in [0.25, 0.3) is 5.91 Å². The van der Waals surface area contributed by atoms with E-state index in [1.165, 1.54) is 9.91 Å². The number of ether oxygens (including phenoxy) is 1. The lowest BCUT2D eigenvalue weighted by molar-refractivity contribution is -0.142. The molecule has 0 fully saturated rings. The maximum Gasteiger partial charge on any atom is 0.336 e. The van der Waals surface area contributed by atoms with Crippen LogP contribution in [-0.2, 0) is 16.1 Å². The molecule has 1 unspecified atom stereocenters. The fraction of sp³-hybridized carbons (Fsp3) is 0.414. The van der Waals surface area contributed by atoms with Crippen LogP contribution in [0.15, 0.2) is 60.7 Å². The number of hydrogen-bond donors (Lipinski definition) is 3. The number of hydrogen-bond acceptors (Lipinski definition) is 5. The quantitative estimate of drug-likeness (QED) is 0.574. The SMILES string of the molecule is CCC(C)[C@@H]1NCCOc2ccccc2/C=C/CNC(=O)N(Cc2ccccc2)NC(=O)[C@@H](C)N(C)C1=O. The van der Waals surface area contributed by atoms with Gasteiger partial charge in [0, 0.05) is 25.7 Å². The second kappa shape index (κ2) is 14.2. The van der Waals surface area contributed by atoms with Gasteiger partial charge in [0.15, 0.2) is 0 Å². The van der Waals surface area contributed by atoms with E-state index in [-0.39, 0.29) is 24.9 Å². The Morgan fingerprint density at radius 1 is 1.05 bits per heavy atom. The predicted molar refractivity (Wildman–Crippen MR) is 148 cm³/mol. The van der Waals surface area contributed by atoms with E-state index in [0.717, 1.165) is 17.5 Å². The summed E-state index contributed by atoms with van der Waals surface area (Å²) in [6.07, 6.45) is 4.50. The average molecular weight is 522 g/mol. The minimum Gasteiger partial charge on any atom is -0.492 e. The predicted octanol–water partition coefficient (Wildman–Crippen LogP) is 3.19. The topological polar surface area (TPSA) is 103 Å². The van der Waals surface area contributed by atoms with E-state index < -0.39 is 24.0 Å². The largest absolute Gasteiger partial charge is 0.492 e. The van der Waals surface area contributed by atoms with E-state index in [4.69, 9.17) is 4.74 Å². The van der Waals surface area contributed by atoms with Crippen molar-refractivity contribution in [3.8, 4) is 5.75 Å². The standard InChI is InChI=1S/C29H39N5O4/c1-5-21(2)26-28(36)33(4)22(3)27(35)32-34(20-23-12-7-6-8-13-23)29(37)31-17-11-15-24-14-9-10-16-25(24)38-19-18-30-26/h6-16,21-22,26,30H,5,17-20H2,1-4H3,(H,31,37)(H,32,35)/b15-11+/t21?,22-,26+/m1/s1. The molecule has 4 amide bonds. The molecule has 2 aromatic rings. The number of carbonyl (C=O) groups is 3. The van der Waals surface area contributed by atoms with Crippen molar-refractivity contribution in [3.63, 3.8) is 0 Å². The molecule has 9 nitrogen and oxygen atoms in total. The molecule has 0 spiro atoms. The molecule has 0 aromatic heterocycles. The maximum atomic E-state index is 13.5. The molecule has 38 heavy (non-hydrogen) atoms. The number of rotatable bonds is 4. The molecule has 2 aromatic carbocycles. The summed E-state index contributed by atoms with van der Waals surface area (Å²) >= 11 is 0. The van der Waals surface area contributed by atoms with Crippen LogP contribution in [0.4, 0.5) is 4.79 Å². The summed E-state index contributed by atoms with van der Waals surface area (Å²) in [5.74, 6) is 0.115. The number of nitrogens with one attached hydrogen (secondary N) is 3. The number of carbonyl (C=O) groups excluding carboxylic acids is 3. The molecule has 204 valence electrons. The summed E-state index contributed by atoms with van der Waals surface area (Å²) in [6.45, 7) is 6.94. The Bertz CT molecular complexity index is 1110. The Morgan fingerprint density at radius 2 is 1.76 bits per heavy atom. The molecule has 9 heteroatoms. The van der Waals surface area contributed by atoms with Crippen molar-refractivity contribution in [2.24, 2.45) is 5.92 Å². The number of likely N-dealkylation sites (N-methyl/N-ethyl adjacent to an activating group) is 1. The van der Waals surface area contributed by atoms with E-state index in [1.54, 1.807) is 14.0 Å². The summed E-state index contributed by atoms with van der Waals surface area (Å²) in [7, 11) is 1.61. The van der Waals surface area contributed by atoms with Gasteiger partial charge in [-0.05, 0) is 24.5 Å². The van der Waals surface area contributed by atoms with Crippen molar-refractivity contribution in [3.05, 3.63) is 71.8 Å². The van der Waals surface area contributed by atoms with Crippen molar-refractivity contribution in [2.45, 2.75) is 45.8 Å². The summed E-state index contributed by atoms with van der Waals surface area (Å²) in [5.41, 5.74) is 4.44. The van der Waals surface area contributed by atoms with E-state index in [1.807, 2.05) is 80.6 Å². The zero-order chi connectivity index (χ0) is 27.5. The van der Waals surface area contributed by atoms with Crippen LogP contribution in [0, 0.1) is 5.92 Å². The zero-order valence-electron chi connectivity index (χ0n) is 22.6. The van der Waals surface area contributed by atoms with Crippen molar-refractivity contribution in [1.82, 2.24) is 26.0 Å². The second-order valence-corrected chi connectivity index (χ2v) is 9.46. The first-order valence-electron chi connectivity index (χ1n) is 13.1. The monoisotopic (exact) mass is 521 g/mol. The number of urea groups is 1. The molecular weight excluding hydrogens is 482 g/mol. The third-order valence-electron chi connectivity index (χ3n) is 6.77. The summed E-state index contributed by atoms with van der Waals surface area (Å²) in [4.78, 5) is 41.2. The fourth-order valence-corrected chi connectivity index (χ4v) is 4.06. The molecule has 1 aliphatic heterocycles. The number of fused-ring (bicyclic) bond motifs is 1. The number of nitrogens with zero attached hydrogens (tertiary/aromatic N) is 2. The van der Waals surface area contributed by atoms with Crippen LogP contribution in [0.2, 0.25) is 0 Å². The van der Waals surface area contributed by atoms with Crippen molar-refractivity contribution >= 4 is 23.9 Å². The van der Waals surface area contributed by atoms with Gasteiger partial charge in [0.1, 0.15) is 18.4 Å². The van der Waals surface area contributed by atoms with Gasteiger partial charge in [0.2, 0.25) is 5.91 Å². The van der Waals surface area contributed by atoms with Gasteiger partial charge in [-0.15, -0.1) is 0 Å². The summed E-state index contributed by atoms with van der Waals surface area (Å²) in [6, 6.07) is 15.3. The number of hydrazine groups is 1. The highest BCUT2D eigenvalue weighted by atomic mass is 16.5. The molecule has 0 saturated heterocycles. The highest BCUT2D eigenvalue weighted by Gasteiger charge is 2.32. The van der Waals surface area contributed by atoms with Gasteiger partial charge < -0.3 is 20.3 Å². The Hall–Kier alpha value is -3.85. The molecule has 1 heterocycles. The Labute approximate surface area is 225 Å². The number of amides is 4. The minimum absolute atomic E-state index is 0.0429. The summed E-state index contributed by atoms with van der Waals surface area (Å²) in [5, 5.41) is 7.40. The van der Waals surface area contributed by atoms with Crippen molar-refractivity contribution in [2.75, 3.05) is 26.7 Å². The van der Waals surface area contributed by atoms with Crippen molar-refractivity contribution in [1.29, 1.82) is 0 Å². The Morgan fingerprint density at radius 3 is 2.50 bits per heavy atom. The van der Waals surface area contributed by atoms with Gasteiger partial charge in [-0.1, -0.05) is 81.0 Å². The maximum absolute atomic E-state index is 13.5. The lowest BCUT2D eigenvalue weighted by Crippen LogP contribution is -2.58.